The molecule has 0 radical (unpaired) electrons. The highest BCUT2D eigenvalue weighted by Crippen LogP contribution is 2.22. The van der Waals surface area contributed by atoms with E-state index in [2.05, 4.69) is 22.8 Å². The topological polar surface area (TPSA) is 76.7 Å². The molecule has 0 aromatic heterocycles. The standard InChI is InChI=1S/C27H28N2O4/c30-26(19-33-25-15-7-4-11-21(25)17-20-9-2-1-3-10-20)29-24-14-6-5-13-23(24)27(31)28-18-22-12-8-16-32-22/h1-7,9-11,13-15,22H,8,12,16-19H2,(H,28,31)(H,29,30). The van der Waals surface area contributed by atoms with E-state index in [1.165, 1.54) is 5.56 Å². The van der Waals surface area contributed by atoms with Crippen LogP contribution in [-0.2, 0) is 16.0 Å². The first-order chi connectivity index (χ1) is 16.2. The van der Waals surface area contributed by atoms with Crippen LogP contribution in [0.3, 0.4) is 0 Å². The Bertz CT molecular complexity index is 1080. The Balaban J connectivity index is 1.35. The summed E-state index contributed by atoms with van der Waals surface area (Å²) in [4.78, 5) is 25.3. The van der Waals surface area contributed by atoms with Gasteiger partial charge in [-0.2, -0.15) is 0 Å². The lowest BCUT2D eigenvalue weighted by atomic mass is 10.0. The van der Waals surface area contributed by atoms with Crippen molar-refractivity contribution in [3.8, 4) is 5.75 Å². The van der Waals surface area contributed by atoms with Crippen LogP contribution in [0.25, 0.3) is 0 Å². The van der Waals surface area contributed by atoms with Crippen molar-refractivity contribution in [2.45, 2.75) is 25.4 Å². The number of ether oxygens (including phenoxy) is 2. The number of carbonyl (C=O) groups is 2. The Hall–Kier alpha value is -3.64. The maximum Gasteiger partial charge on any atom is 0.262 e. The van der Waals surface area contributed by atoms with Crippen molar-refractivity contribution >= 4 is 17.5 Å². The molecule has 170 valence electrons. The fourth-order valence-electron chi connectivity index (χ4n) is 3.83. The van der Waals surface area contributed by atoms with Gasteiger partial charge >= 0.3 is 0 Å². The third-order valence-electron chi connectivity index (χ3n) is 5.53. The minimum atomic E-state index is -0.330. The van der Waals surface area contributed by atoms with Gasteiger partial charge in [-0.3, -0.25) is 9.59 Å². The number of hydrogen-bond acceptors (Lipinski definition) is 4. The summed E-state index contributed by atoms with van der Waals surface area (Å²) < 4.78 is 11.4. The van der Waals surface area contributed by atoms with Crippen molar-refractivity contribution < 1.29 is 19.1 Å². The molecule has 0 bridgehead atoms. The molecule has 2 N–H and O–H groups in total. The van der Waals surface area contributed by atoms with Gasteiger partial charge in [0.15, 0.2) is 6.61 Å². The number of nitrogens with one attached hydrogen (secondary N) is 2. The SMILES string of the molecule is O=C(COc1ccccc1Cc1ccccc1)Nc1ccccc1C(=O)NCC1CCCO1. The maximum absolute atomic E-state index is 12.7. The molecule has 1 unspecified atom stereocenters. The van der Waals surface area contributed by atoms with Crippen molar-refractivity contribution in [2.24, 2.45) is 0 Å². The Morgan fingerprint density at radius 3 is 2.52 bits per heavy atom. The zero-order valence-corrected chi connectivity index (χ0v) is 18.5. The summed E-state index contributed by atoms with van der Waals surface area (Å²) in [7, 11) is 0. The largest absolute Gasteiger partial charge is 0.483 e. The van der Waals surface area contributed by atoms with Gasteiger partial charge in [-0.05, 0) is 42.2 Å². The van der Waals surface area contributed by atoms with Gasteiger partial charge in [0.05, 0.1) is 17.4 Å². The molecule has 1 saturated heterocycles. The van der Waals surface area contributed by atoms with E-state index in [0.717, 1.165) is 25.0 Å². The van der Waals surface area contributed by atoms with Crippen LogP contribution in [0.2, 0.25) is 0 Å². The molecule has 4 rings (SSSR count). The minimum Gasteiger partial charge on any atom is -0.483 e. The lowest BCUT2D eigenvalue weighted by Crippen LogP contribution is -2.32. The lowest BCUT2D eigenvalue weighted by molar-refractivity contribution is -0.118. The molecular formula is C27H28N2O4. The molecule has 1 aliphatic rings. The van der Waals surface area contributed by atoms with Crippen LogP contribution in [0.5, 0.6) is 5.75 Å². The second-order valence-electron chi connectivity index (χ2n) is 8.00. The summed E-state index contributed by atoms with van der Waals surface area (Å²) in [6.45, 7) is 1.04. The van der Waals surface area contributed by atoms with E-state index in [1.807, 2.05) is 42.5 Å². The van der Waals surface area contributed by atoms with Gasteiger partial charge < -0.3 is 20.1 Å². The number of hydrogen-bond donors (Lipinski definition) is 2. The smallest absolute Gasteiger partial charge is 0.262 e. The van der Waals surface area contributed by atoms with E-state index in [9.17, 15) is 9.59 Å². The fraction of sp³-hybridized carbons (Fsp3) is 0.259. The average molecular weight is 445 g/mol. The molecular weight excluding hydrogens is 416 g/mol. The van der Waals surface area contributed by atoms with Gasteiger partial charge in [-0.1, -0.05) is 60.7 Å². The predicted molar refractivity (Wildman–Crippen MR) is 128 cm³/mol. The molecule has 0 spiro atoms. The molecule has 1 atom stereocenters. The third kappa shape index (κ3) is 6.43. The van der Waals surface area contributed by atoms with E-state index in [0.29, 0.717) is 30.0 Å². The van der Waals surface area contributed by atoms with Crippen molar-refractivity contribution in [3.05, 3.63) is 95.6 Å². The Kier molecular flexibility index (Phi) is 7.72. The summed E-state index contributed by atoms with van der Waals surface area (Å²) in [5.41, 5.74) is 3.04. The van der Waals surface area contributed by atoms with Crippen molar-refractivity contribution in [3.63, 3.8) is 0 Å². The van der Waals surface area contributed by atoms with Crippen LogP contribution in [0.15, 0.2) is 78.9 Å². The van der Waals surface area contributed by atoms with E-state index >= 15 is 0 Å². The number of benzene rings is 3. The monoisotopic (exact) mass is 444 g/mol. The highest BCUT2D eigenvalue weighted by Gasteiger charge is 2.18. The summed E-state index contributed by atoms with van der Waals surface area (Å²) in [6.07, 6.45) is 2.73. The van der Waals surface area contributed by atoms with E-state index < -0.39 is 0 Å². The number of para-hydroxylation sites is 2. The molecule has 0 saturated carbocycles. The Morgan fingerprint density at radius 2 is 1.70 bits per heavy atom. The van der Waals surface area contributed by atoms with Crippen LogP contribution in [0.1, 0.15) is 34.3 Å². The van der Waals surface area contributed by atoms with Gasteiger partial charge in [0.2, 0.25) is 0 Å². The molecule has 6 heteroatoms. The van der Waals surface area contributed by atoms with Gasteiger partial charge in [0, 0.05) is 19.6 Å². The summed E-state index contributed by atoms with van der Waals surface area (Å²) in [5.74, 6) is 0.0958. The Labute approximate surface area is 193 Å². The van der Waals surface area contributed by atoms with Gasteiger partial charge in [-0.25, -0.2) is 0 Å². The first kappa shape index (κ1) is 22.6. The highest BCUT2D eigenvalue weighted by atomic mass is 16.5. The second kappa shape index (κ2) is 11.3. The number of rotatable bonds is 9. The highest BCUT2D eigenvalue weighted by molar-refractivity contribution is 6.04. The summed E-state index contributed by atoms with van der Waals surface area (Å²) in [5, 5.41) is 5.70. The molecule has 1 aliphatic heterocycles. The van der Waals surface area contributed by atoms with Crippen molar-refractivity contribution in [2.75, 3.05) is 25.1 Å². The average Bonchev–Trinajstić information content (AvgIpc) is 3.37. The summed E-state index contributed by atoms with van der Waals surface area (Å²) >= 11 is 0. The second-order valence-corrected chi connectivity index (χ2v) is 8.00. The van der Waals surface area contributed by atoms with E-state index in [-0.39, 0.29) is 24.5 Å². The molecule has 1 heterocycles. The van der Waals surface area contributed by atoms with Crippen LogP contribution in [0, 0.1) is 0 Å². The minimum absolute atomic E-state index is 0.0556. The molecule has 2 amide bonds. The molecule has 3 aromatic carbocycles. The van der Waals surface area contributed by atoms with Gasteiger partial charge in [-0.15, -0.1) is 0 Å². The molecule has 6 nitrogen and oxygen atoms in total. The summed E-state index contributed by atoms with van der Waals surface area (Å²) in [6, 6.07) is 24.7. The van der Waals surface area contributed by atoms with E-state index in [4.69, 9.17) is 9.47 Å². The van der Waals surface area contributed by atoms with Crippen molar-refractivity contribution in [1.82, 2.24) is 5.32 Å². The normalized spacial score (nSPS) is 15.1. The fourth-order valence-corrected chi connectivity index (χ4v) is 3.83. The Morgan fingerprint density at radius 1 is 0.939 bits per heavy atom. The quantitative estimate of drug-likeness (QED) is 0.519. The molecule has 0 aliphatic carbocycles. The zero-order valence-electron chi connectivity index (χ0n) is 18.5. The van der Waals surface area contributed by atoms with Crippen LogP contribution in [-0.4, -0.2) is 37.7 Å². The third-order valence-corrected chi connectivity index (χ3v) is 5.53. The molecule has 1 fully saturated rings. The van der Waals surface area contributed by atoms with Crippen LogP contribution in [0.4, 0.5) is 5.69 Å². The zero-order chi connectivity index (χ0) is 22.9. The van der Waals surface area contributed by atoms with Gasteiger partial charge in [0.1, 0.15) is 5.75 Å². The van der Waals surface area contributed by atoms with E-state index in [1.54, 1.807) is 24.3 Å². The number of carbonyl (C=O) groups excluding carboxylic acids is 2. The maximum atomic E-state index is 12.7. The first-order valence-corrected chi connectivity index (χ1v) is 11.2. The van der Waals surface area contributed by atoms with Crippen LogP contribution >= 0.6 is 0 Å². The van der Waals surface area contributed by atoms with Gasteiger partial charge in [0.25, 0.3) is 11.8 Å². The van der Waals surface area contributed by atoms with Crippen molar-refractivity contribution in [1.29, 1.82) is 0 Å². The molecule has 33 heavy (non-hydrogen) atoms. The first-order valence-electron chi connectivity index (χ1n) is 11.2. The number of amides is 2. The van der Waals surface area contributed by atoms with Crippen LogP contribution < -0.4 is 15.4 Å². The number of anilines is 1. The lowest BCUT2D eigenvalue weighted by Gasteiger charge is -2.15. The molecule has 3 aromatic rings. The predicted octanol–water partition coefficient (Wildman–Crippen LogP) is 4.20.